The van der Waals surface area contributed by atoms with Crippen molar-refractivity contribution in [3.05, 3.63) is 17.3 Å². The van der Waals surface area contributed by atoms with E-state index in [0.717, 1.165) is 13.2 Å². The largest absolute Gasteiger partial charge is 0.494 e. The van der Waals surface area contributed by atoms with E-state index >= 15 is 0 Å². The Morgan fingerprint density at radius 1 is 1.59 bits per heavy atom. The summed E-state index contributed by atoms with van der Waals surface area (Å²) in [5.41, 5.74) is -1.33. The molecule has 0 fully saturated rings. The summed E-state index contributed by atoms with van der Waals surface area (Å²) in [6.07, 6.45) is -3.10. The van der Waals surface area contributed by atoms with Gasteiger partial charge in [-0.15, -0.1) is 0 Å². The van der Waals surface area contributed by atoms with E-state index in [1.54, 1.807) is 0 Å². The van der Waals surface area contributed by atoms with E-state index in [9.17, 15) is 17.2 Å². The minimum atomic E-state index is -4.43. The Morgan fingerprint density at radius 2 is 2.18 bits per heavy atom. The molecule has 0 saturated heterocycles. The molecule has 0 bridgehead atoms. The Balaban J connectivity index is 3.65. The van der Waals surface area contributed by atoms with Crippen molar-refractivity contribution in [1.82, 2.24) is 4.98 Å². The standard InChI is InChI=1S/C8H7F2N3O3S/c1-16-6-2-4(7(9)10)8(17(12,14)15)13-5(6)3-11/h2,7H,1H3,(H2,12,14,15). The van der Waals surface area contributed by atoms with Crippen molar-refractivity contribution in [1.29, 1.82) is 5.26 Å². The molecule has 0 aliphatic heterocycles. The molecule has 1 aromatic heterocycles. The zero-order chi connectivity index (χ0) is 13.2. The molecule has 0 aromatic carbocycles. The predicted octanol–water partition coefficient (Wildman–Crippen LogP) is 0.547. The Bertz CT molecular complexity index is 580. The first-order chi connectivity index (χ1) is 7.81. The molecule has 0 amide bonds. The van der Waals surface area contributed by atoms with Crippen LogP contribution in [-0.2, 0) is 10.0 Å². The van der Waals surface area contributed by atoms with Crippen LogP contribution in [0.4, 0.5) is 8.78 Å². The summed E-state index contributed by atoms with van der Waals surface area (Å²) in [5.74, 6) is -0.241. The fraction of sp³-hybridized carbons (Fsp3) is 0.250. The van der Waals surface area contributed by atoms with Crippen LogP contribution in [0.1, 0.15) is 17.7 Å². The number of sulfonamides is 1. The molecular formula is C8H7F2N3O3S. The predicted molar refractivity (Wildman–Crippen MR) is 51.8 cm³/mol. The molecule has 9 heteroatoms. The van der Waals surface area contributed by atoms with Crippen molar-refractivity contribution in [2.75, 3.05) is 7.11 Å². The Morgan fingerprint density at radius 3 is 2.53 bits per heavy atom. The number of halogens is 2. The molecule has 0 unspecified atom stereocenters. The van der Waals surface area contributed by atoms with E-state index in [4.69, 9.17) is 10.4 Å². The molecule has 0 radical (unpaired) electrons. The Hall–Kier alpha value is -1.79. The van der Waals surface area contributed by atoms with Crippen molar-refractivity contribution >= 4 is 10.0 Å². The second kappa shape index (κ2) is 4.60. The number of hydrogen-bond acceptors (Lipinski definition) is 5. The lowest BCUT2D eigenvalue weighted by molar-refractivity contribution is 0.146. The van der Waals surface area contributed by atoms with E-state index in [2.05, 4.69) is 9.72 Å². The molecule has 1 rings (SSSR count). The minimum absolute atomic E-state index is 0.241. The molecule has 92 valence electrons. The fourth-order valence-corrected chi connectivity index (χ4v) is 1.81. The lowest BCUT2D eigenvalue weighted by Crippen LogP contribution is -2.17. The fourth-order valence-electron chi connectivity index (χ4n) is 1.11. The highest BCUT2D eigenvalue weighted by Crippen LogP contribution is 2.29. The summed E-state index contributed by atoms with van der Waals surface area (Å²) in [4.78, 5) is 3.28. The Labute approximate surface area is 95.7 Å². The number of nitrogens with two attached hydrogens (primary N) is 1. The zero-order valence-electron chi connectivity index (χ0n) is 8.52. The molecule has 17 heavy (non-hydrogen) atoms. The van der Waals surface area contributed by atoms with Gasteiger partial charge in [0.25, 0.3) is 16.4 Å². The lowest BCUT2D eigenvalue weighted by atomic mass is 10.2. The van der Waals surface area contributed by atoms with Crippen LogP contribution < -0.4 is 9.88 Å². The van der Waals surface area contributed by atoms with Crippen molar-refractivity contribution in [3.63, 3.8) is 0 Å². The molecule has 1 heterocycles. The van der Waals surface area contributed by atoms with Gasteiger partial charge in [0, 0.05) is 0 Å². The van der Waals surface area contributed by atoms with Gasteiger partial charge in [-0.1, -0.05) is 0 Å². The molecule has 0 aliphatic rings. The first-order valence-corrected chi connectivity index (χ1v) is 5.66. The molecule has 0 spiro atoms. The number of hydrogen-bond donors (Lipinski definition) is 1. The number of pyridine rings is 1. The van der Waals surface area contributed by atoms with Crippen molar-refractivity contribution < 1.29 is 21.9 Å². The van der Waals surface area contributed by atoms with Gasteiger partial charge in [0.1, 0.15) is 6.07 Å². The van der Waals surface area contributed by atoms with Crippen molar-refractivity contribution in [3.8, 4) is 11.8 Å². The quantitative estimate of drug-likeness (QED) is 0.856. The normalized spacial score (nSPS) is 11.3. The summed E-state index contributed by atoms with van der Waals surface area (Å²) in [6.45, 7) is 0. The second-order valence-corrected chi connectivity index (χ2v) is 4.37. The van der Waals surface area contributed by atoms with Gasteiger partial charge in [-0.3, -0.25) is 0 Å². The van der Waals surface area contributed by atoms with Crippen LogP contribution in [0.25, 0.3) is 0 Å². The number of alkyl halides is 2. The summed E-state index contributed by atoms with van der Waals surface area (Å²) in [5, 5.41) is 12.4. The number of rotatable bonds is 3. The third-order valence-corrected chi connectivity index (χ3v) is 2.68. The first-order valence-electron chi connectivity index (χ1n) is 4.11. The van der Waals surface area contributed by atoms with Crippen LogP contribution in [0.15, 0.2) is 11.1 Å². The molecule has 0 aliphatic carbocycles. The molecular weight excluding hydrogens is 256 g/mol. The van der Waals surface area contributed by atoms with E-state index < -0.39 is 32.7 Å². The van der Waals surface area contributed by atoms with Gasteiger partial charge >= 0.3 is 0 Å². The molecule has 6 nitrogen and oxygen atoms in total. The minimum Gasteiger partial charge on any atom is -0.494 e. The number of nitrogens with zero attached hydrogens (tertiary/aromatic N) is 2. The first kappa shape index (κ1) is 13.3. The van der Waals surface area contributed by atoms with Gasteiger partial charge in [0.05, 0.1) is 12.7 Å². The summed E-state index contributed by atoms with van der Waals surface area (Å²) >= 11 is 0. The van der Waals surface area contributed by atoms with E-state index in [-0.39, 0.29) is 5.75 Å². The van der Waals surface area contributed by atoms with Crippen molar-refractivity contribution in [2.24, 2.45) is 5.14 Å². The molecule has 2 N–H and O–H groups in total. The molecule has 1 aromatic rings. The van der Waals surface area contributed by atoms with Gasteiger partial charge in [-0.2, -0.15) is 5.26 Å². The third-order valence-electron chi connectivity index (χ3n) is 1.81. The van der Waals surface area contributed by atoms with Crippen LogP contribution in [0.5, 0.6) is 5.75 Å². The molecule has 0 saturated carbocycles. The number of methoxy groups -OCH3 is 1. The van der Waals surface area contributed by atoms with Crippen LogP contribution in [-0.4, -0.2) is 20.5 Å². The second-order valence-electron chi connectivity index (χ2n) is 2.89. The third kappa shape index (κ3) is 2.66. The maximum absolute atomic E-state index is 12.6. The summed E-state index contributed by atoms with van der Waals surface area (Å²) in [7, 11) is -3.29. The van der Waals surface area contributed by atoms with Crippen LogP contribution in [0.2, 0.25) is 0 Å². The SMILES string of the molecule is COc1cc(C(F)F)c(S(N)(=O)=O)nc1C#N. The van der Waals surface area contributed by atoms with Gasteiger partial charge in [-0.05, 0) is 6.07 Å². The van der Waals surface area contributed by atoms with Gasteiger partial charge in [0.15, 0.2) is 16.5 Å². The average Bonchev–Trinajstić information content (AvgIpc) is 2.25. The highest BCUT2D eigenvalue weighted by atomic mass is 32.2. The van der Waals surface area contributed by atoms with Gasteiger partial charge < -0.3 is 4.74 Å². The maximum atomic E-state index is 12.6. The highest BCUT2D eigenvalue weighted by molar-refractivity contribution is 7.89. The van der Waals surface area contributed by atoms with Crippen LogP contribution in [0.3, 0.4) is 0 Å². The average molecular weight is 263 g/mol. The van der Waals surface area contributed by atoms with Crippen LogP contribution in [0, 0.1) is 11.3 Å². The lowest BCUT2D eigenvalue weighted by Gasteiger charge is -2.09. The number of primary sulfonamides is 1. The highest BCUT2D eigenvalue weighted by Gasteiger charge is 2.25. The van der Waals surface area contributed by atoms with E-state index in [1.165, 1.54) is 6.07 Å². The topological polar surface area (TPSA) is 106 Å². The number of nitriles is 1. The smallest absolute Gasteiger partial charge is 0.266 e. The zero-order valence-corrected chi connectivity index (χ0v) is 9.33. The summed E-state index contributed by atoms with van der Waals surface area (Å²) in [6, 6.07) is 2.26. The summed E-state index contributed by atoms with van der Waals surface area (Å²) < 4.78 is 52.0. The van der Waals surface area contributed by atoms with Gasteiger partial charge in [-0.25, -0.2) is 27.3 Å². The van der Waals surface area contributed by atoms with Crippen LogP contribution >= 0.6 is 0 Å². The number of ether oxygens (including phenoxy) is 1. The number of aromatic nitrogens is 1. The molecule has 0 atom stereocenters. The van der Waals surface area contributed by atoms with Gasteiger partial charge in [0.2, 0.25) is 0 Å². The monoisotopic (exact) mass is 263 g/mol. The maximum Gasteiger partial charge on any atom is 0.266 e. The van der Waals surface area contributed by atoms with E-state index in [0.29, 0.717) is 0 Å². The Kier molecular flexibility index (Phi) is 3.59. The van der Waals surface area contributed by atoms with E-state index in [1.807, 2.05) is 0 Å². The van der Waals surface area contributed by atoms with Crippen molar-refractivity contribution in [2.45, 2.75) is 11.5 Å².